The highest BCUT2D eigenvalue weighted by Crippen LogP contribution is 2.17. The molecule has 1 aromatic rings. The van der Waals surface area contributed by atoms with E-state index in [0.717, 1.165) is 5.56 Å². The number of hydrogen-bond donors (Lipinski definition) is 0. The lowest BCUT2D eigenvalue weighted by Crippen LogP contribution is -2.40. The van der Waals surface area contributed by atoms with Crippen LogP contribution in [0.1, 0.15) is 5.56 Å². The summed E-state index contributed by atoms with van der Waals surface area (Å²) in [5.41, 5.74) is 0.908. The zero-order chi connectivity index (χ0) is 12.3. The molecule has 0 aliphatic carbocycles. The van der Waals surface area contributed by atoms with Crippen LogP contribution in [-0.2, 0) is 14.8 Å². The van der Waals surface area contributed by atoms with Crippen molar-refractivity contribution in [3.8, 4) is 0 Å². The maximum absolute atomic E-state index is 12.2. The number of morpholine rings is 1. The number of nitrogens with zero attached hydrogens (tertiary/aromatic N) is 1. The second kappa shape index (κ2) is 5.00. The summed E-state index contributed by atoms with van der Waals surface area (Å²) in [6.07, 6.45) is 1.69. The first-order valence-corrected chi connectivity index (χ1v) is 6.89. The molecule has 0 aromatic heterocycles. The van der Waals surface area contributed by atoms with Crippen LogP contribution in [0.4, 0.5) is 0 Å². The van der Waals surface area contributed by atoms with Crippen molar-refractivity contribution < 1.29 is 13.2 Å². The molecule has 1 aromatic carbocycles. The minimum Gasteiger partial charge on any atom is -0.379 e. The molecule has 1 aliphatic heterocycles. The standard InChI is InChI=1S/C12H15NO3S/c1-2-11-3-5-12(6-4-11)17(14,15)13-7-9-16-10-8-13/h2-6H,1,7-10H2. The van der Waals surface area contributed by atoms with E-state index in [4.69, 9.17) is 4.74 Å². The average molecular weight is 253 g/mol. The van der Waals surface area contributed by atoms with Crippen molar-refractivity contribution in [1.29, 1.82) is 0 Å². The van der Waals surface area contributed by atoms with Gasteiger partial charge in [0.25, 0.3) is 0 Å². The molecule has 0 bridgehead atoms. The third kappa shape index (κ3) is 2.57. The van der Waals surface area contributed by atoms with Crippen LogP contribution >= 0.6 is 0 Å². The lowest BCUT2D eigenvalue weighted by atomic mass is 10.2. The molecule has 2 rings (SSSR count). The van der Waals surface area contributed by atoms with E-state index >= 15 is 0 Å². The van der Waals surface area contributed by atoms with Crippen molar-refractivity contribution in [3.05, 3.63) is 36.4 Å². The van der Waals surface area contributed by atoms with E-state index < -0.39 is 10.0 Å². The summed E-state index contributed by atoms with van der Waals surface area (Å²) in [4.78, 5) is 0.324. The smallest absolute Gasteiger partial charge is 0.243 e. The van der Waals surface area contributed by atoms with E-state index in [9.17, 15) is 8.42 Å². The van der Waals surface area contributed by atoms with Crippen molar-refractivity contribution in [2.24, 2.45) is 0 Å². The molecule has 1 aliphatic rings. The Morgan fingerprint density at radius 3 is 2.29 bits per heavy atom. The molecular formula is C12H15NO3S. The summed E-state index contributed by atoms with van der Waals surface area (Å²) in [7, 11) is -3.37. The van der Waals surface area contributed by atoms with Crippen molar-refractivity contribution in [3.63, 3.8) is 0 Å². The van der Waals surface area contributed by atoms with Crippen LogP contribution in [-0.4, -0.2) is 39.0 Å². The highest BCUT2D eigenvalue weighted by Gasteiger charge is 2.25. The summed E-state index contributed by atoms with van der Waals surface area (Å²) in [5, 5.41) is 0. The normalized spacial score (nSPS) is 17.9. The van der Waals surface area contributed by atoms with Gasteiger partial charge in [0.15, 0.2) is 0 Å². The molecule has 1 fully saturated rings. The van der Waals surface area contributed by atoms with Crippen molar-refractivity contribution in [2.75, 3.05) is 26.3 Å². The third-order valence-electron chi connectivity index (χ3n) is 2.72. The topological polar surface area (TPSA) is 46.6 Å². The van der Waals surface area contributed by atoms with E-state index in [0.29, 0.717) is 31.2 Å². The molecule has 1 heterocycles. The first kappa shape index (κ1) is 12.3. The lowest BCUT2D eigenvalue weighted by Gasteiger charge is -2.26. The minimum atomic E-state index is -3.37. The molecule has 0 spiro atoms. The zero-order valence-electron chi connectivity index (χ0n) is 9.50. The molecule has 0 radical (unpaired) electrons. The van der Waals surface area contributed by atoms with Crippen molar-refractivity contribution in [1.82, 2.24) is 4.31 Å². The van der Waals surface area contributed by atoms with Gasteiger partial charge in [0.1, 0.15) is 0 Å². The number of rotatable bonds is 3. The monoisotopic (exact) mass is 253 g/mol. The predicted molar refractivity (Wildman–Crippen MR) is 66.1 cm³/mol. The number of benzene rings is 1. The Kier molecular flexibility index (Phi) is 3.61. The molecular weight excluding hydrogens is 238 g/mol. The van der Waals surface area contributed by atoms with Crippen LogP contribution in [0.3, 0.4) is 0 Å². The largest absolute Gasteiger partial charge is 0.379 e. The van der Waals surface area contributed by atoms with Crippen LogP contribution in [0.2, 0.25) is 0 Å². The Morgan fingerprint density at radius 2 is 1.76 bits per heavy atom. The summed E-state index contributed by atoms with van der Waals surface area (Å²) in [5.74, 6) is 0. The van der Waals surface area contributed by atoms with Gasteiger partial charge in [0.2, 0.25) is 10.0 Å². The maximum Gasteiger partial charge on any atom is 0.243 e. The van der Waals surface area contributed by atoms with Gasteiger partial charge in [-0.25, -0.2) is 8.42 Å². The van der Waals surface area contributed by atoms with Crippen molar-refractivity contribution in [2.45, 2.75) is 4.90 Å². The highest BCUT2D eigenvalue weighted by molar-refractivity contribution is 7.89. The van der Waals surface area contributed by atoms with Gasteiger partial charge in [0, 0.05) is 13.1 Å². The van der Waals surface area contributed by atoms with Gasteiger partial charge < -0.3 is 4.74 Å². The van der Waals surface area contributed by atoms with E-state index in [1.807, 2.05) is 0 Å². The fourth-order valence-electron chi connectivity index (χ4n) is 1.71. The fraction of sp³-hybridized carbons (Fsp3) is 0.333. The molecule has 92 valence electrons. The molecule has 0 atom stereocenters. The molecule has 4 nitrogen and oxygen atoms in total. The van der Waals surface area contributed by atoms with Crippen LogP contribution in [0.15, 0.2) is 35.7 Å². The molecule has 0 N–H and O–H groups in total. The molecule has 5 heteroatoms. The molecule has 17 heavy (non-hydrogen) atoms. The van der Waals surface area contributed by atoms with Crippen LogP contribution < -0.4 is 0 Å². The Hall–Kier alpha value is -1.17. The quantitative estimate of drug-likeness (QED) is 0.817. The Bertz CT molecular complexity index is 487. The highest BCUT2D eigenvalue weighted by atomic mass is 32.2. The van der Waals surface area contributed by atoms with E-state index in [1.54, 1.807) is 30.3 Å². The second-order valence-electron chi connectivity index (χ2n) is 3.79. The Morgan fingerprint density at radius 1 is 1.18 bits per heavy atom. The van der Waals surface area contributed by atoms with Gasteiger partial charge in [-0.05, 0) is 17.7 Å². The van der Waals surface area contributed by atoms with Gasteiger partial charge in [-0.2, -0.15) is 4.31 Å². The lowest BCUT2D eigenvalue weighted by molar-refractivity contribution is 0.0730. The SMILES string of the molecule is C=Cc1ccc(S(=O)(=O)N2CCOCC2)cc1. The number of hydrogen-bond acceptors (Lipinski definition) is 3. The first-order valence-electron chi connectivity index (χ1n) is 5.45. The number of ether oxygens (including phenoxy) is 1. The van der Waals surface area contributed by atoms with Gasteiger partial charge in [0.05, 0.1) is 18.1 Å². The molecule has 0 unspecified atom stereocenters. The average Bonchev–Trinajstić information content (AvgIpc) is 2.40. The Labute approximate surface area is 102 Å². The minimum absolute atomic E-state index is 0.324. The van der Waals surface area contributed by atoms with E-state index in [1.165, 1.54) is 4.31 Å². The summed E-state index contributed by atoms with van der Waals surface area (Å²) in [6.45, 7) is 5.41. The zero-order valence-corrected chi connectivity index (χ0v) is 10.3. The van der Waals surface area contributed by atoms with E-state index in [-0.39, 0.29) is 0 Å². The van der Waals surface area contributed by atoms with Crippen LogP contribution in [0.5, 0.6) is 0 Å². The van der Waals surface area contributed by atoms with Gasteiger partial charge in [-0.3, -0.25) is 0 Å². The predicted octanol–water partition coefficient (Wildman–Crippen LogP) is 1.35. The summed E-state index contributed by atoms with van der Waals surface area (Å²) in [6, 6.07) is 6.73. The molecule has 0 amide bonds. The first-order chi connectivity index (χ1) is 8.14. The van der Waals surface area contributed by atoms with E-state index in [2.05, 4.69) is 6.58 Å². The Balaban J connectivity index is 2.26. The van der Waals surface area contributed by atoms with Crippen molar-refractivity contribution >= 4 is 16.1 Å². The summed E-state index contributed by atoms with van der Waals surface area (Å²) < 4.78 is 31.1. The van der Waals surface area contributed by atoms with Gasteiger partial charge >= 0.3 is 0 Å². The van der Waals surface area contributed by atoms with Gasteiger partial charge in [-0.15, -0.1) is 0 Å². The molecule has 0 saturated carbocycles. The summed E-state index contributed by atoms with van der Waals surface area (Å²) >= 11 is 0. The maximum atomic E-state index is 12.2. The molecule has 1 saturated heterocycles. The fourth-order valence-corrected chi connectivity index (χ4v) is 3.12. The van der Waals surface area contributed by atoms with Crippen LogP contribution in [0, 0.1) is 0 Å². The third-order valence-corrected chi connectivity index (χ3v) is 4.64. The van der Waals surface area contributed by atoms with Gasteiger partial charge in [-0.1, -0.05) is 24.8 Å². The van der Waals surface area contributed by atoms with Crippen LogP contribution in [0.25, 0.3) is 6.08 Å². The number of sulfonamides is 1. The second-order valence-corrected chi connectivity index (χ2v) is 5.73.